The minimum atomic E-state index is -0.341. The second-order valence-corrected chi connectivity index (χ2v) is 7.01. The van der Waals surface area contributed by atoms with Crippen molar-refractivity contribution >= 4 is 27.8 Å². The van der Waals surface area contributed by atoms with Gasteiger partial charge in [0.15, 0.2) is 11.5 Å². The van der Waals surface area contributed by atoms with Gasteiger partial charge in [-0.15, -0.1) is 0 Å². The molecule has 5 rings (SSSR count). The molecule has 0 atom stereocenters. The van der Waals surface area contributed by atoms with Gasteiger partial charge in [0.05, 0.1) is 17.4 Å². The van der Waals surface area contributed by atoms with E-state index in [9.17, 15) is 9.18 Å². The normalized spacial score (nSPS) is 10.8. The Hall–Kier alpha value is -4.07. The van der Waals surface area contributed by atoms with Crippen molar-refractivity contribution in [3.05, 3.63) is 88.6 Å². The summed E-state index contributed by atoms with van der Waals surface area (Å²) in [6.45, 7) is 3.91. The number of hydrogen-bond acceptors (Lipinski definition) is 5. The molecule has 0 bridgehead atoms. The van der Waals surface area contributed by atoms with Gasteiger partial charge in [0.1, 0.15) is 17.7 Å². The number of H-pyrrole nitrogens is 1. The van der Waals surface area contributed by atoms with E-state index in [0.717, 1.165) is 16.6 Å². The molecule has 0 unspecified atom stereocenters. The number of pyridine rings is 1. The molecular weight excluding hydrogens is 395 g/mol. The van der Waals surface area contributed by atoms with E-state index in [1.807, 2.05) is 38.1 Å². The number of halogens is 1. The molecule has 0 fully saturated rings. The zero-order valence-corrected chi connectivity index (χ0v) is 17.1. The highest BCUT2D eigenvalue weighted by atomic mass is 19.1. The van der Waals surface area contributed by atoms with E-state index in [1.165, 1.54) is 24.8 Å². The van der Waals surface area contributed by atoms with Crippen LogP contribution in [0.2, 0.25) is 0 Å². The third-order valence-corrected chi connectivity index (χ3v) is 5.01. The molecule has 0 amide bonds. The molecular formula is C23H21FN6O. The summed E-state index contributed by atoms with van der Waals surface area (Å²) in [5.74, 6) is 0.0915. The van der Waals surface area contributed by atoms with E-state index < -0.39 is 0 Å². The Balaban J connectivity index is 0.000000192. The average Bonchev–Trinajstić information content (AvgIpc) is 3.24. The lowest BCUT2D eigenvalue weighted by molar-refractivity contribution is 0.626. The molecule has 5 aromatic rings. The summed E-state index contributed by atoms with van der Waals surface area (Å²) in [4.78, 5) is 27.2. The van der Waals surface area contributed by atoms with Crippen LogP contribution in [-0.4, -0.2) is 24.5 Å². The lowest BCUT2D eigenvalue weighted by atomic mass is 10.1. The maximum absolute atomic E-state index is 13.5. The number of imidazole rings is 1. The van der Waals surface area contributed by atoms with Crippen LogP contribution in [0.4, 0.5) is 10.2 Å². The van der Waals surface area contributed by atoms with Crippen LogP contribution >= 0.6 is 0 Å². The summed E-state index contributed by atoms with van der Waals surface area (Å²) in [7, 11) is 0. The number of benzene rings is 2. The quantitative estimate of drug-likeness (QED) is 0.454. The molecule has 0 saturated heterocycles. The van der Waals surface area contributed by atoms with Gasteiger partial charge in [0, 0.05) is 5.69 Å². The molecule has 8 heteroatoms. The molecule has 0 aliphatic heterocycles. The van der Waals surface area contributed by atoms with Crippen LogP contribution in [0.5, 0.6) is 0 Å². The highest BCUT2D eigenvalue weighted by molar-refractivity contribution is 5.85. The average molecular weight is 416 g/mol. The van der Waals surface area contributed by atoms with Crippen molar-refractivity contribution in [3.8, 4) is 5.69 Å². The van der Waals surface area contributed by atoms with Crippen molar-refractivity contribution in [1.82, 2.24) is 24.5 Å². The summed E-state index contributed by atoms with van der Waals surface area (Å²) < 4.78 is 15.1. The number of aromatic nitrogens is 5. The van der Waals surface area contributed by atoms with E-state index in [0.29, 0.717) is 34.5 Å². The van der Waals surface area contributed by atoms with Gasteiger partial charge in [-0.2, -0.15) is 0 Å². The topological polar surface area (TPSA) is 102 Å². The van der Waals surface area contributed by atoms with Gasteiger partial charge in [0.25, 0.3) is 5.56 Å². The number of fused-ring (bicyclic) bond motifs is 2. The molecule has 0 aliphatic carbocycles. The number of nitrogens with zero attached hydrogens (tertiary/aromatic N) is 4. The van der Waals surface area contributed by atoms with Gasteiger partial charge < -0.3 is 10.7 Å². The van der Waals surface area contributed by atoms with Gasteiger partial charge >= 0.3 is 0 Å². The molecule has 0 aliphatic rings. The molecule has 0 spiro atoms. The Kier molecular flexibility index (Phi) is 5.44. The molecule has 3 N–H and O–H groups in total. The largest absolute Gasteiger partial charge is 0.382 e. The van der Waals surface area contributed by atoms with Gasteiger partial charge in [0.2, 0.25) is 0 Å². The number of nitrogen functional groups attached to an aromatic ring is 1. The molecule has 2 aromatic carbocycles. The SMILES string of the molecule is CCc1cc2cccc(C)c2c(=O)n1-c1cccc(F)c1.Nc1ncnc2nc[nH]c12. The van der Waals surface area contributed by atoms with Crippen molar-refractivity contribution in [1.29, 1.82) is 0 Å². The number of nitrogens with one attached hydrogen (secondary N) is 1. The summed E-state index contributed by atoms with van der Waals surface area (Å²) in [6.07, 6.45) is 3.63. The number of rotatable bonds is 2. The Morgan fingerprint density at radius 3 is 2.65 bits per heavy atom. The summed E-state index contributed by atoms with van der Waals surface area (Å²) in [6, 6.07) is 14.0. The summed E-state index contributed by atoms with van der Waals surface area (Å²) >= 11 is 0. The monoisotopic (exact) mass is 416 g/mol. The number of hydrogen-bond donors (Lipinski definition) is 2. The maximum Gasteiger partial charge on any atom is 0.263 e. The molecule has 0 radical (unpaired) electrons. The first-order valence-corrected chi connectivity index (χ1v) is 9.79. The first kappa shape index (κ1) is 20.2. The minimum Gasteiger partial charge on any atom is -0.382 e. The Morgan fingerprint density at radius 1 is 1.10 bits per heavy atom. The fourth-order valence-corrected chi connectivity index (χ4v) is 3.53. The van der Waals surface area contributed by atoms with Gasteiger partial charge in [-0.25, -0.2) is 19.3 Å². The smallest absolute Gasteiger partial charge is 0.263 e. The first-order valence-electron chi connectivity index (χ1n) is 9.79. The number of anilines is 1. The van der Waals surface area contributed by atoms with Crippen LogP contribution in [0.3, 0.4) is 0 Å². The fourth-order valence-electron chi connectivity index (χ4n) is 3.53. The first-order chi connectivity index (χ1) is 15.0. The van der Waals surface area contributed by atoms with Crippen LogP contribution < -0.4 is 11.3 Å². The lowest BCUT2D eigenvalue weighted by Crippen LogP contribution is -2.22. The number of aromatic amines is 1. The Labute approximate surface area is 177 Å². The van der Waals surface area contributed by atoms with Crippen molar-refractivity contribution in [3.63, 3.8) is 0 Å². The predicted molar refractivity (Wildman–Crippen MR) is 120 cm³/mol. The molecule has 156 valence electrons. The van der Waals surface area contributed by atoms with Crippen molar-refractivity contribution in [2.45, 2.75) is 20.3 Å². The highest BCUT2D eigenvalue weighted by Gasteiger charge is 2.12. The van der Waals surface area contributed by atoms with Crippen LogP contribution in [0.1, 0.15) is 18.2 Å². The standard InChI is InChI=1S/C18H16FNO.C5H5N5/c1-3-15-10-13-7-4-6-12(2)17(13)18(21)20(15)16-9-5-8-14(19)11-16;6-4-3-5(9-1-7-3)10-2-8-4/h4-11H,3H2,1-2H3;1-2H,(H3,6,7,8,9,10). The zero-order chi connectivity index (χ0) is 22.0. The van der Waals surface area contributed by atoms with Gasteiger partial charge in [-0.1, -0.05) is 31.2 Å². The molecule has 3 heterocycles. The van der Waals surface area contributed by atoms with Crippen molar-refractivity contribution in [2.24, 2.45) is 0 Å². The van der Waals surface area contributed by atoms with Crippen LogP contribution in [0, 0.1) is 12.7 Å². The molecule has 31 heavy (non-hydrogen) atoms. The van der Waals surface area contributed by atoms with Crippen molar-refractivity contribution < 1.29 is 4.39 Å². The summed E-state index contributed by atoms with van der Waals surface area (Å²) in [5.41, 5.74) is 9.07. The molecule has 0 saturated carbocycles. The number of aryl methyl sites for hydroxylation is 2. The lowest BCUT2D eigenvalue weighted by Gasteiger charge is -2.14. The van der Waals surface area contributed by atoms with Crippen LogP contribution in [0.25, 0.3) is 27.6 Å². The molecule has 7 nitrogen and oxygen atoms in total. The van der Waals surface area contributed by atoms with Crippen molar-refractivity contribution in [2.75, 3.05) is 5.73 Å². The maximum atomic E-state index is 13.5. The Bertz CT molecular complexity index is 1440. The predicted octanol–water partition coefficient (Wildman–Crippen LogP) is 3.94. The van der Waals surface area contributed by atoms with E-state index in [-0.39, 0.29) is 11.4 Å². The highest BCUT2D eigenvalue weighted by Crippen LogP contribution is 2.19. The third-order valence-electron chi connectivity index (χ3n) is 5.01. The fraction of sp³-hybridized carbons (Fsp3) is 0.130. The Morgan fingerprint density at radius 2 is 1.90 bits per heavy atom. The second-order valence-electron chi connectivity index (χ2n) is 7.01. The van der Waals surface area contributed by atoms with E-state index in [1.54, 1.807) is 16.7 Å². The van der Waals surface area contributed by atoms with Gasteiger partial charge in [-0.3, -0.25) is 9.36 Å². The van der Waals surface area contributed by atoms with Crippen LogP contribution in [-0.2, 0) is 6.42 Å². The summed E-state index contributed by atoms with van der Waals surface area (Å²) in [5, 5.41) is 1.63. The van der Waals surface area contributed by atoms with E-state index >= 15 is 0 Å². The second kappa shape index (κ2) is 8.35. The van der Waals surface area contributed by atoms with Crippen LogP contribution in [0.15, 0.2) is 66.0 Å². The van der Waals surface area contributed by atoms with E-state index in [4.69, 9.17) is 5.73 Å². The third kappa shape index (κ3) is 3.87. The molecule has 3 aromatic heterocycles. The van der Waals surface area contributed by atoms with Gasteiger partial charge in [-0.05, 0) is 48.6 Å². The number of nitrogens with two attached hydrogens (primary N) is 1. The van der Waals surface area contributed by atoms with E-state index in [2.05, 4.69) is 19.9 Å². The zero-order valence-electron chi connectivity index (χ0n) is 17.1. The minimum absolute atomic E-state index is 0.0898.